The summed E-state index contributed by atoms with van der Waals surface area (Å²) in [5.41, 5.74) is 0.576. The molecule has 0 N–H and O–H groups in total. The average molecular weight is 827 g/mol. The first-order chi connectivity index (χ1) is 28.2. The summed E-state index contributed by atoms with van der Waals surface area (Å²) in [6.07, 6.45) is 30.5. The highest BCUT2D eigenvalue weighted by Gasteiger charge is 2.17. The van der Waals surface area contributed by atoms with Crippen molar-refractivity contribution in [2.75, 3.05) is 26.4 Å². The Morgan fingerprint density at radius 3 is 1.08 bits per heavy atom. The number of carbonyl (C=O) groups is 1. The molecule has 0 amide bonds. The zero-order valence-corrected chi connectivity index (χ0v) is 41.4. The van der Waals surface area contributed by atoms with Crippen LogP contribution >= 0.6 is 0 Å². The van der Waals surface area contributed by atoms with Gasteiger partial charge < -0.3 is 14.2 Å². The fraction of sp³-hybridized carbons (Fsp3) is 0.873. The lowest BCUT2D eigenvalue weighted by atomic mass is 9.90. The normalized spacial score (nSPS) is 16.2. The molecule has 0 aliphatic heterocycles. The van der Waals surface area contributed by atoms with Gasteiger partial charge in [0.2, 0.25) is 0 Å². The third-order valence-corrected chi connectivity index (χ3v) is 13.4. The predicted molar refractivity (Wildman–Crippen MR) is 257 cm³/mol. The second kappa shape index (κ2) is 36.1. The summed E-state index contributed by atoms with van der Waals surface area (Å²) in [6, 6.07) is 9.26. The topological polar surface area (TPSA) is 44.8 Å². The minimum absolute atomic E-state index is 0.222. The van der Waals surface area contributed by atoms with Gasteiger partial charge in [-0.2, -0.15) is 0 Å². The van der Waals surface area contributed by atoms with Gasteiger partial charge in [-0.1, -0.05) is 229 Å². The first-order valence-electron chi connectivity index (χ1n) is 25.7. The molecule has 0 bridgehead atoms. The minimum atomic E-state index is -0.298. The van der Waals surface area contributed by atoms with Crippen LogP contribution in [0.4, 0.5) is 0 Å². The molecule has 0 saturated carbocycles. The Bertz CT molecular complexity index is 1070. The maximum absolute atomic E-state index is 12.7. The van der Waals surface area contributed by atoms with Crippen molar-refractivity contribution in [1.29, 1.82) is 0 Å². The zero-order valence-electron chi connectivity index (χ0n) is 41.4. The van der Waals surface area contributed by atoms with E-state index in [0.29, 0.717) is 30.6 Å². The molecule has 346 valence electrons. The molecule has 0 aliphatic rings. The number of hydrogen-bond donors (Lipinski definition) is 0. The summed E-state index contributed by atoms with van der Waals surface area (Å²) in [5.74, 6) is 6.93. The monoisotopic (exact) mass is 827 g/mol. The van der Waals surface area contributed by atoms with Crippen molar-refractivity contribution in [3.8, 4) is 0 Å². The average Bonchev–Trinajstić information content (AvgIpc) is 3.18. The summed E-state index contributed by atoms with van der Waals surface area (Å²) in [4.78, 5) is 12.7. The molecule has 0 spiro atoms. The van der Waals surface area contributed by atoms with Gasteiger partial charge in [0.15, 0.2) is 0 Å². The molecule has 8 unspecified atom stereocenters. The minimum Gasteiger partial charge on any atom is -0.459 e. The van der Waals surface area contributed by atoms with Gasteiger partial charge in [0.1, 0.15) is 12.7 Å². The largest absolute Gasteiger partial charge is 0.459 e. The van der Waals surface area contributed by atoms with Crippen LogP contribution in [0.3, 0.4) is 0 Å². The smallest absolute Gasteiger partial charge is 0.338 e. The number of carbonyl (C=O) groups excluding carboxylic acids is 1. The highest BCUT2D eigenvalue weighted by atomic mass is 16.6. The van der Waals surface area contributed by atoms with E-state index in [0.717, 1.165) is 60.9 Å². The Labute approximate surface area is 369 Å². The van der Waals surface area contributed by atoms with Crippen molar-refractivity contribution in [1.82, 2.24) is 0 Å². The van der Waals surface area contributed by atoms with Crippen LogP contribution in [0.1, 0.15) is 234 Å². The lowest BCUT2D eigenvalue weighted by Gasteiger charge is -2.21. The van der Waals surface area contributed by atoms with Gasteiger partial charge >= 0.3 is 5.97 Å². The molecule has 1 aromatic carbocycles. The van der Waals surface area contributed by atoms with Gasteiger partial charge in [0.25, 0.3) is 0 Å². The molecule has 4 heteroatoms. The van der Waals surface area contributed by atoms with Crippen LogP contribution in [0.15, 0.2) is 30.3 Å². The van der Waals surface area contributed by atoms with Crippen LogP contribution in [0.2, 0.25) is 0 Å². The summed E-state index contributed by atoms with van der Waals surface area (Å²) in [7, 11) is 0. The van der Waals surface area contributed by atoms with E-state index in [9.17, 15) is 4.79 Å². The van der Waals surface area contributed by atoms with E-state index in [1.807, 2.05) is 18.2 Å². The summed E-state index contributed by atoms with van der Waals surface area (Å²) < 4.78 is 18.2. The van der Waals surface area contributed by atoms with E-state index < -0.39 is 0 Å². The van der Waals surface area contributed by atoms with Crippen molar-refractivity contribution in [3.05, 3.63) is 35.9 Å². The van der Waals surface area contributed by atoms with Crippen molar-refractivity contribution < 1.29 is 19.0 Å². The third-order valence-electron chi connectivity index (χ3n) is 13.4. The van der Waals surface area contributed by atoms with Gasteiger partial charge in [-0.15, -0.1) is 0 Å². The maximum atomic E-state index is 12.7. The van der Waals surface area contributed by atoms with Crippen LogP contribution in [0, 0.1) is 53.3 Å². The van der Waals surface area contributed by atoms with Gasteiger partial charge in [-0.25, -0.2) is 4.79 Å². The SMILES string of the molecule is CC(C)CCCC(C)CCCC(C)CCCC(C)CCCC(C)CCOC(COCCC(C)CCCC(C)CCCC(C)CCCC(C)C)COC(=O)c1ccccc1. The first-order valence-corrected chi connectivity index (χ1v) is 25.7. The van der Waals surface area contributed by atoms with Crippen molar-refractivity contribution >= 4 is 5.97 Å². The predicted octanol–water partition coefficient (Wildman–Crippen LogP) is 17.0. The molecule has 0 fully saturated rings. The molecule has 0 saturated heterocycles. The molecule has 0 radical (unpaired) electrons. The van der Waals surface area contributed by atoms with E-state index in [2.05, 4.69) is 76.2 Å². The lowest BCUT2D eigenvalue weighted by molar-refractivity contribution is -0.0539. The number of ether oxygens (including phenoxy) is 3. The fourth-order valence-corrected chi connectivity index (χ4v) is 8.74. The van der Waals surface area contributed by atoms with Crippen LogP contribution in [0.5, 0.6) is 0 Å². The van der Waals surface area contributed by atoms with Crippen molar-refractivity contribution in [3.63, 3.8) is 0 Å². The molecular formula is C55H102O4. The Balaban J connectivity index is 2.30. The summed E-state index contributed by atoms with van der Waals surface area (Å²) in [5, 5.41) is 0. The molecule has 8 atom stereocenters. The number of benzene rings is 1. The van der Waals surface area contributed by atoms with Crippen LogP contribution in [-0.2, 0) is 14.2 Å². The molecule has 4 nitrogen and oxygen atoms in total. The second-order valence-electron chi connectivity index (χ2n) is 21.1. The third kappa shape index (κ3) is 33.9. The molecule has 1 rings (SSSR count). The zero-order chi connectivity index (χ0) is 43.7. The van der Waals surface area contributed by atoms with E-state index in [4.69, 9.17) is 14.2 Å². The Morgan fingerprint density at radius 1 is 0.407 bits per heavy atom. The van der Waals surface area contributed by atoms with Crippen molar-refractivity contribution in [2.24, 2.45) is 53.3 Å². The maximum Gasteiger partial charge on any atom is 0.338 e. The molecule has 0 heterocycles. The standard InChI is InChI=1S/C55H102O4/c1-44(2)22-15-24-46(5)26-17-28-48(7)30-19-31-50(9)33-21-35-52(11)39-41-58-54(43-59-55(56)53-36-13-12-14-37-53)42-57-40-38-51(10)34-20-32-49(8)29-18-27-47(6)25-16-23-45(3)4/h12-14,36-37,44-52,54H,15-35,38-43H2,1-11H3. The number of esters is 1. The van der Waals surface area contributed by atoms with E-state index in [-0.39, 0.29) is 18.7 Å². The highest BCUT2D eigenvalue weighted by Crippen LogP contribution is 2.25. The van der Waals surface area contributed by atoms with Gasteiger partial charge in [-0.05, 0) is 78.2 Å². The molecule has 59 heavy (non-hydrogen) atoms. The van der Waals surface area contributed by atoms with Gasteiger partial charge in [0, 0.05) is 13.2 Å². The number of hydrogen-bond acceptors (Lipinski definition) is 4. The Kier molecular flexibility index (Phi) is 34.1. The first kappa shape index (κ1) is 55.6. The fourth-order valence-electron chi connectivity index (χ4n) is 8.74. The van der Waals surface area contributed by atoms with Crippen LogP contribution in [-0.4, -0.2) is 38.5 Å². The molecule has 0 aromatic heterocycles. The lowest BCUT2D eigenvalue weighted by Crippen LogP contribution is -2.28. The Morgan fingerprint density at radius 2 is 0.729 bits per heavy atom. The summed E-state index contributed by atoms with van der Waals surface area (Å²) >= 11 is 0. The van der Waals surface area contributed by atoms with Gasteiger partial charge in [-0.3, -0.25) is 0 Å². The quantitative estimate of drug-likeness (QED) is 0.0488. The second-order valence-corrected chi connectivity index (χ2v) is 21.1. The van der Waals surface area contributed by atoms with Crippen molar-refractivity contribution in [2.45, 2.75) is 230 Å². The van der Waals surface area contributed by atoms with Crippen LogP contribution < -0.4 is 0 Å². The van der Waals surface area contributed by atoms with E-state index in [1.54, 1.807) is 12.1 Å². The molecule has 1 aromatic rings. The van der Waals surface area contributed by atoms with E-state index in [1.165, 1.54) is 135 Å². The van der Waals surface area contributed by atoms with Gasteiger partial charge in [0.05, 0.1) is 12.2 Å². The number of rotatable bonds is 40. The summed E-state index contributed by atoms with van der Waals surface area (Å²) in [6.45, 7) is 28.5. The van der Waals surface area contributed by atoms with Crippen LogP contribution in [0.25, 0.3) is 0 Å². The molecular weight excluding hydrogens is 725 g/mol. The highest BCUT2D eigenvalue weighted by molar-refractivity contribution is 5.89. The Hall–Kier alpha value is -1.39. The molecule has 0 aliphatic carbocycles. The van der Waals surface area contributed by atoms with E-state index >= 15 is 0 Å².